The van der Waals surface area contributed by atoms with Gasteiger partial charge in [-0.15, -0.1) is 0 Å². The summed E-state index contributed by atoms with van der Waals surface area (Å²) < 4.78 is 32.0. The molecule has 0 aliphatic heterocycles. The van der Waals surface area contributed by atoms with E-state index in [-0.39, 0.29) is 30.5 Å². The minimum atomic E-state index is -0.359. The molecule has 0 saturated heterocycles. The Balaban J connectivity index is 1.44. The predicted molar refractivity (Wildman–Crippen MR) is 98.6 cm³/mol. The quantitative estimate of drug-likeness (QED) is 0.596. The lowest BCUT2D eigenvalue weighted by molar-refractivity contribution is -0.121. The summed E-state index contributed by atoms with van der Waals surface area (Å²) in [5.74, 6) is -0.0444. The first kappa shape index (κ1) is 19.2. The average Bonchev–Trinajstić information content (AvgIpc) is 3.09. The Bertz CT molecular complexity index is 909. The van der Waals surface area contributed by atoms with Crippen LogP contribution in [-0.2, 0) is 17.8 Å². The highest BCUT2D eigenvalue weighted by atomic mass is 79.9. The van der Waals surface area contributed by atoms with Crippen LogP contribution in [0.1, 0.15) is 24.3 Å². The third-order valence-corrected chi connectivity index (χ3v) is 4.23. The van der Waals surface area contributed by atoms with Gasteiger partial charge in [-0.1, -0.05) is 21.1 Å². The molecule has 3 rings (SSSR count). The van der Waals surface area contributed by atoms with Crippen LogP contribution in [0, 0.1) is 11.6 Å². The van der Waals surface area contributed by atoms with E-state index in [1.54, 1.807) is 18.2 Å². The van der Waals surface area contributed by atoms with Crippen molar-refractivity contribution in [3.63, 3.8) is 0 Å². The summed E-state index contributed by atoms with van der Waals surface area (Å²) in [6.45, 7) is 0.254. The minimum absolute atomic E-state index is 0.145. The summed E-state index contributed by atoms with van der Waals surface area (Å²) in [5.41, 5.74) is 1.33. The van der Waals surface area contributed by atoms with Crippen molar-refractivity contribution in [2.45, 2.75) is 25.8 Å². The molecule has 5 nitrogen and oxygen atoms in total. The number of hydrogen-bond acceptors (Lipinski definition) is 4. The predicted octanol–water partition coefficient (Wildman–Crippen LogP) is 4.42. The van der Waals surface area contributed by atoms with E-state index in [1.165, 1.54) is 24.3 Å². The van der Waals surface area contributed by atoms with Crippen LogP contribution in [0.3, 0.4) is 0 Å². The maximum Gasteiger partial charge on any atom is 0.226 e. The molecule has 2 aromatic carbocycles. The first-order valence-electron chi connectivity index (χ1n) is 8.30. The summed E-state index contributed by atoms with van der Waals surface area (Å²) in [6.07, 6.45) is 1.27. The molecule has 0 aliphatic carbocycles. The van der Waals surface area contributed by atoms with Crippen molar-refractivity contribution < 1.29 is 18.1 Å². The van der Waals surface area contributed by atoms with Crippen LogP contribution in [0.25, 0.3) is 11.4 Å². The van der Waals surface area contributed by atoms with Crippen LogP contribution in [0.5, 0.6) is 0 Å². The van der Waals surface area contributed by atoms with E-state index >= 15 is 0 Å². The van der Waals surface area contributed by atoms with Crippen molar-refractivity contribution in [1.29, 1.82) is 0 Å². The van der Waals surface area contributed by atoms with Crippen LogP contribution in [0.2, 0.25) is 0 Å². The van der Waals surface area contributed by atoms with Gasteiger partial charge in [0.1, 0.15) is 11.6 Å². The zero-order valence-corrected chi connectivity index (χ0v) is 15.8. The van der Waals surface area contributed by atoms with Gasteiger partial charge in [-0.2, -0.15) is 4.98 Å². The van der Waals surface area contributed by atoms with Gasteiger partial charge in [-0.25, -0.2) is 8.78 Å². The molecule has 0 unspecified atom stereocenters. The van der Waals surface area contributed by atoms with Gasteiger partial charge in [0.15, 0.2) is 0 Å². The van der Waals surface area contributed by atoms with E-state index < -0.39 is 0 Å². The van der Waals surface area contributed by atoms with Crippen molar-refractivity contribution in [3.05, 3.63) is 70.0 Å². The molecular formula is C19H16BrF2N3O2. The van der Waals surface area contributed by atoms with Crippen molar-refractivity contribution >= 4 is 21.8 Å². The molecule has 27 heavy (non-hydrogen) atoms. The second kappa shape index (κ2) is 8.85. The maximum absolute atomic E-state index is 13.3. The van der Waals surface area contributed by atoms with E-state index in [4.69, 9.17) is 4.52 Å². The molecular weight excluding hydrogens is 420 g/mol. The molecule has 1 heterocycles. The van der Waals surface area contributed by atoms with Gasteiger partial charge >= 0.3 is 0 Å². The average molecular weight is 436 g/mol. The number of hydrogen-bond donors (Lipinski definition) is 1. The normalized spacial score (nSPS) is 10.8. The molecule has 0 atom stereocenters. The van der Waals surface area contributed by atoms with E-state index in [1.807, 2.05) is 0 Å². The summed E-state index contributed by atoms with van der Waals surface area (Å²) in [5, 5.41) is 6.60. The van der Waals surface area contributed by atoms with Crippen LogP contribution in [0.15, 0.2) is 51.5 Å². The number of aryl methyl sites for hydroxylation is 1. The molecule has 1 amide bonds. The van der Waals surface area contributed by atoms with E-state index in [9.17, 15) is 13.6 Å². The van der Waals surface area contributed by atoms with Gasteiger partial charge in [0, 0.05) is 29.4 Å². The maximum atomic E-state index is 13.3. The Morgan fingerprint density at radius 3 is 2.63 bits per heavy atom. The van der Waals surface area contributed by atoms with Crippen molar-refractivity contribution in [2.24, 2.45) is 0 Å². The highest BCUT2D eigenvalue weighted by molar-refractivity contribution is 9.10. The fourth-order valence-electron chi connectivity index (χ4n) is 2.47. The highest BCUT2D eigenvalue weighted by Crippen LogP contribution is 2.17. The monoisotopic (exact) mass is 435 g/mol. The van der Waals surface area contributed by atoms with E-state index in [2.05, 4.69) is 31.4 Å². The fraction of sp³-hybridized carbons (Fsp3) is 0.211. The molecule has 1 N–H and O–H groups in total. The van der Waals surface area contributed by atoms with Crippen molar-refractivity contribution in [2.75, 3.05) is 0 Å². The summed E-state index contributed by atoms with van der Waals surface area (Å²) in [7, 11) is 0. The van der Waals surface area contributed by atoms with Gasteiger partial charge in [-0.05, 0) is 54.4 Å². The van der Waals surface area contributed by atoms with E-state index in [0.717, 1.165) is 0 Å². The summed E-state index contributed by atoms with van der Waals surface area (Å²) in [4.78, 5) is 16.2. The number of carbonyl (C=O) groups is 1. The minimum Gasteiger partial charge on any atom is -0.352 e. The zero-order valence-electron chi connectivity index (χ0n) is 14.2. The first-order chi connectivity index (χ1) is 13.0. The van der Waals surface area contributed by atoms with Crippen LogP contribution < -0.4 is 5.32 Å². The second-order valence-electron chi connectivity index (χ2n) is 5.93. The largest absolute Gasteiger partial charge is 0.352 e. The van der Waals surface area contributed by atoms with Gasteiger partial charge in [0.2, 0.25) is 17.6 Å². The van der Waals surface area contributed by atoms with E-state index in [0.29, 0.717) is 40.2 Å². The number of benzene rings is 2. The molecule has 0 fully saturated rings. The van der Waals surface area contributed by atoms with Gasteiger partial charge < -0.3 is 9.84 Å². The lowest BCUT2D eigenvalue weighted by Crippen LogP contribution is -2.22. The molecule has 140 valence electrons. The van der Waals surface area contributed by atoms with Crippen LogP contribution in [-0.4, -0.2) is 16.0 Å². The van der Waals surface area contributed by atoms with Crippen molar-refractivity contribution in [1.82, 2.24) is 15.5 Å². The van der Waals surface area contributed by atoms with Crippen LogP contribution >= 0.6 is 15.9 Å². The molecule has 8 heteroatoms. The Labute approximate surface area is 162 Å². The lowest BCUT2D eigenvalue weighted by atomic mass is 10.2. The number of halogens is 3. The SMILES string of the molecule is O=C(CCCc1nc(-c2ccc(F)cc2)no1)NCc1cc(F)cc(Br)c1. The molecule has 0 aliphatic rings. The molecule has 3 aromatic rings. The number of nitrogens with zero attached hydrogens (tertiary/aromatic N) is 2. The number of carbonyl (C=O) groups excluding carboxylic acids is 1. The Kier molecular flexibility index (Phi) is 6.28. The van der Waals surface area contributed by atoms with Gasteiger partial charge in [0.25, 0.3) is 0 Å². The Hall–Kier alpha value is -2.61. The lowest BCUT2D eigenvalue weighted by Gasteiger charge is -2.05. The third-order valence-electron chi connectivity index (χ3n) is 3.78. The highest BCUT2D eigenvalue weighted by Gasteiger charge is 2.10. The zero-order chi connectivity index (χ0) is 19.2. The molecule has 0 spiro atoms. The molecule has 0 bridgehead atoms. The number of aromatic nitrogens is 2. The van der Waals surface area contributed by atoms with Crippen LogP contribution in [0.4, 0.5) is 8.78 Å². The number of amides is 1. The Morgan fingerprint density at radius 2 is 1.89 bits per heavy atom. The van der Waals surface area contributed by atoms with Gasteiger partial charge in [0.05, 0.1) is 0 Å². The molecule has 0 saturated carbocycles. The summed E-state index contributed by atoms with van der Waals surface area (Å²) >= 11 is 3.22. The topological polar surface area (TPSA) is 68.0 Å². The fourth-order valence-corrected chi connectivity index (χ4v) is 2.99. The number of rotatable bonds is 7. The smallest absolute Gasteiger partial charge is 0.226 e. The van der Waals surface area contributed by atoms with Crippen molar-refractivity contribution in [3.8, 4) is 11.4 Å². The standard InChI is InChI=1S/C19H16BrF2N3O2/c20-14-8-12(9-16(22)10-14)11-23-17(26)2-1-3-18-24-19(25-27-18)13-4-6-15(21)7-5-13/h4-10H,1-3,11H2,(H,23,26). The summed E-state index contributed by atoms with van der Waals surface area (Å²) in [6, 6.07) is 10.3. The Morgan fingerprint density at radius 1 is 1.11 bits per heavy atom. The van der Waals surface area contributed by atoms with Gasteiger partial charge in [-0.3, -0.25) is 4.79 Å². The molecule has 0 radical (unpaired) electrons. The first-order valence-corrected chi connectivity index (χ1v) is 9.09. The second-order valence-corrected chi connectivity index (χ2v) is 6.84. The third kappa shape index (κ3) is 5.68. The number of nitrogens with one attached hydrogen (secondary N) is 1. The molecule has 1 aromatic heterocycles.